The summed E-state index contributed by atoms with van der Waals surface area (Å²) in [7, 11) is -3.53. The van der Waals surface area contributed by atoms with E-state index >= 15 is 0 Å². The van der Waals surface area contributed by atoms with Crippen molar-refractivity contribution in [1.82, 2.24) is 4.31 Å². The molecule has 31 heavy (non-hydrogen) atoms. The monoisotopic (exact) mass is 462 g/mol. The summed E-state index contributed by atoms with van der Waals surface area (Å²) in [5.74, 6) is -1.11. The highest BCUT2D eigenvalue weighted by molar-refractivity contribution is 7.98. The third-order valence-electron chi connectivity index (χ3n) is 4.35. The molecule has 0 aliphatic carbocycles. The van der Waals surface area contributed by atoms with Crippen molar-refractivity contribution in [2.45, 2.75) is 23.6 Å². The minimum Gasteiger partial charge on any atom is -0.452 e. The molecule has 2 aromatic rings. The van der Waals surface area contributed by atoms with E-state index in [2.05, 4.69) is 5.32 Å². The number of nitrogens with one attached hydrogen (secondary N) is 1. The Labute approximate surface area is 187 Å². The minimum absolute atomic E-state index is 0.193. The number of hydrogen-bond acceptors (Lipinski definition) is 6. The third kappa shape index (κ3) is 7.23. The normalized spacial score (nSPS) is 11.6. The number of carbonyl (C=O) groups excluding carboxylic acids is 2. The van der Waals surface area contributed by atoms with E-state index in [-0.39, 0.29) is 4.90 Å². The number of esters is 1. The predicted octanol–water partition coefficient (Wildman–Crippen LogP) is 3.63. The van der Waals surface area contributed by atoms with Crippen molar-refractivity contribution < 1.29 is 22.7 Å². The van der Waals surface area contributed by atoms with Gasteiger partial charge in [-0.25, -0.2) is 13.2 Å². The lowest BCUT2D eigenvalue weighted by atomic mass is 10.2. The molecule has 0 saturated carbocycles. The number of nitrogens with zero attached hydrogens (tertiary/aromatic N) is 1. The van der Waals surface area contributed by atoms with E-state index in [1.165, 1.54) is 28.6 Å². The maximum atomic E-state index is 12.5. The van der Waals surface area contributed by atoms with Gasteiger partial charge < -0.3 is 10.1 Å². The summed E-state index contributed by atoms with van der Waals surface area (Å²) in [6.45, 7) is 3.94. The fraction of sp³-hybridized carbons (Fsp3) is 0.273. The van der Waals surface area contributed by atoms with Gasteiger partial charge in [-0.05, 0) is 54.3 Å². The molecular weight excluding hydrogens is 436 g/mol. The molecule has 0 radical (unpaired) electrons. The number of ether oxygens (including phenoxy) is 1. The molecular formula is C22H26N2O5S2. The van der Waals surface area contributed by atoms with Gasteiger partial charge in [0.15, 0.2) is 6.61 Å². The van der Waals surface area contributed by atoms with E-state index in [0.717, 1.165) is 4.90 Å². The molecule has 0 spiro atoms. The summed E-state index contributed by atoms with van der Waals surface area (Å²) in [4.78, 5) is 25.0. The molecule has 1 amide bonds. The molecule has 2 rings (SSSR count). The largest absolute Gasteiger partial charge is 0.452 e. The summed E-state index contributed by atoms with van der Waals surface area (Å²) < 4.78 is 31.3. The van der Waals surface area contributed by atoms with E-state index in [1.54, 1.807) is 49.9 Å². The summed E-state index contributed by atoms with van der Waals surface area (Å²) in [5.41, 5.74) is 1.25. The van der Waals surface area contributed by atoms with E-state index in [0.29, 0.717) is 24.3 Å². The van der Waals surface area contributed by atoms with Crippen LogP contribution in [0, 0.1) is 0 Å². The van der Waals surface area contributed by atoms with Gasteiger partial charge in [-0.1, -0.05) is 26.0 Å². The zero-order valence-corrected chi connectivity index (χ0v) is 19.3. The number of thioether (sulfide) groups is 1. The molecule has 0 atom stereocenters. The molecule has 0 fully saturated rings. The second kappa shape index (κ2) is 11.7. The van der Waals surface area contributed by atoms with Crippen LogP contribution < -0.4 is 5.32 Å². The maximum Gasteiger partial charge on any atom is 0.331 e. The van der Waals surface area contributed by atoms with Gasteiger partial charge in [0.1, 0.15) is 0 Å². The van der Waals surface area contributed by atoms with Crippen LogP contribution in [0.15, 0.2) is 64.4 Å². The van der Waals surface area contributed by atoms with Crippen LogP contribution in [-0.2, 0) is 24.3 Å². The van der Waals surface area contributed by atoms with Crippen LogP contribution in [-0.4, -0.2) is 50.6 Å². The molecule has 0 aliphatic rings. The lowest BCUT2D eigenvalue weighted by Gasteiger charge is -2.18. The van der Waals surface area contributed by atoms with Crippen molar-refractivity contribution >= 4 is 45.4 Å². The number of carbonyl (C=O) groups is 2. The van der Waals surface area contributed by atoms with Crippen molar-refractivity contribution in [3.05, 3.63) is 60.2 Å². The molecule has 7 nitrogen and oxygen atoms in total. The molecule has 0 aromatic heterocycles. The number of benzene rings is 2. The molecule has 1 N–H and O–H groups in total. The lowest BCUT2D eigenvalue weighted by molar-refractivity contribution is -0.142. The van der Waals surface area contributed by atoms with E-state index in [1.807, 2.05) is 18.4 Å². The molecule has 0 saturated heterocycles. The van der Waals surface area contributed by atoms with Crippen LogP contribution in [0.2, 0.25) is 0 Å². The first-order valence-corrected chi connectivity index (χ1v) is 12.4. The molecule has 0 unspecified atom stereocenters. The van der Waals surface area contributed by atoms with Crippen molar-refractivity contribution in [3.8, 4) is 0 Å². The fourth-order valence-corrected chi connectivity index (χ4v) is 4.55. The van der Waals surface area contributed by atoms with E-state index in [4.69, 9.17) is 4.74 Å². The van der Waals surface area contributed by atoms with Gasteiger partial charge in [-0.3, -0.25) is 4.79 Å². The zero-order valence-electron chi connectivity index (χ0n) is 17.7. The first kappa shape index (κ1) is 24.6. The first-order valence-electron chi connectivity index (χ1n) is 9.69. The Bertz CT molecular complexity index is 1010. The lowest BCUT2D eigenvalue weighted by Crippen LogP contribution is -2.30. The maximum absolute atomic E-state index is 12.5. The van der Waals surface area contributed by atoms with Crippen LogP contribution in [0.25, 0.3) is 6.08 Å². The Morgan fingerprint density at radius 3 is 2.19 bits per heavy atom. The molecule has 0 aliphatic heterocycles. The van der Waals surface area contributed by atoms with E-state index in [9.17, 15) is 18.0 Å². The second-order valence-electron chi connectivity index (χ2n) is 6.38. The fourth-order valence-electron chi connectivity index (χ4n) is 2.68. The quantitative estimate of drug-likeness (QED) is 0.329. The first-order chi connectivity index (χ1) is 14.8. The summed E-state index contributed by atoms with van der Waals surface area (Å²) in [6, 6.07) is 13.5. The van der Waals surface area contributed by atoms with Crippen LogP contribution >= 0.6 is 11.8 Å². The van der Waals surface area contributed by atoms with Crippen LogP contribution in [0.4, 0.5) is 5.69 Å². The molecule has 0 heterocycles. The molecule has 2 aromatic carbocycles. The smallest absolute Gasteiger partial charge is 0.331 e. The van der Waals surface area contributed by atoms with Crippen molar-refractivity contribution in [1.29, 1.82) is 0 Å². The Kier molecular flexibility index (Phi) is 9.29. The Morgan fingerprint density at radius 2 is 1.65 bits per heavy atom. The second-order valence-corrected chi connectivity index (χ2v) is 9.19. The van der Waals surface area contributed by atoms with Gasteiger partial charge in [-0.15, -0.1) is 11.8 Å². The van der Waals surface area contributed by atoms with Gasteiger partial charge in [-0.2, -0.15) is 4.31 Å². The highest BCUT2D eigenvalue weighted by Gasteiger charge is 2.20. The van der Waals surface area contributed by atoms with E-state index < -0.39 is 28.5 Å². The molecule has 9 heteroatoms. The van der Waals surface area contributed by atoms with Crippen molar-refractivity contribution in [2.24, 2.45) is 0 Å². The van der Waals surface area contributed by atoms with Crippen LogP contribution in [0.5, 0.6) is 0 Å². The Balaban J connectivity index is 1.87. The van der Waals surface area contributed by atoms with Gasteiger partial charge >= 0.3 is 5.97 Å². The topological polar surface area (TPSA) is 92.8 Å². The van der Waals surface area contributed by atoms with Gasteiger partial charge in [0.2, 0.25) is 10.0 Å². The number of sulfonamides is 1. The van der Waals surface area contributed by atoms with Gasteiger partial charge in [0, 0.05) is 29.7 Å². The number of hydrogen-bond donors (Lipinski definition) is 1. The van der Waals surface area contributed by atoms with Crippen molar-refractivity contribution in [3.63, 3.8) is 0 Å². The number of rotatable bonds is 10. The third-order valence-corrected chi connectivity index (χ3v) is 7.16. The predicted molar refractivity (Wildman–Crippen MR) is 123 cm³/mol. The van der Waals surface area contributed by atoms with Crippen LogP contribution in [0.1, 0.15) is 19.4 Å². The summed E-state index contributed by atoms with van der Waals surface area (Å²) >= 11 is 1.60. The highest BCUT2D eigenvalue weighted by Crippen LogP contribution is 2.18. The molecule has 0 bridgehead atoms. The highest BCUT2D eigenvalue weighted by atomic mass is 32.2. The average Bonchev–Trinajstić information content (AvgIpc) is 2.77. The van der Waals surface area contributed by atoms with Crippen molar-refractivity contribution in [2.75, 3.05) is 31.3 Å². The number of amides is 1. The minimum atomic E-state index is -3.53. The Morgan fingerprint density at radius 1 is 1.03 bits per heavy atom. The standard InChI is InChI=1S/C22H26N2O5S2/c1-4-24(5-2)31(27,28)20-13-6-17(7-14-20)8-15-22(26)29-16-21(25)23-18-9-11-19(30-3)12-10-18/h6-15H,4-5,16H2,1-3H3,(H,23,25)/b15-8+. The molecule has 166 valence electrons. The SMILES string of the molecule is CCN(CC)S(=O)(=O)c1ccc(/C=C/C(=O)OCC(=O)Nc2ccc(SC)cc2)cc1. The summed E-state index contributed by atoms with van der Waals surface area (Å²) in [5, 5.41) is 2.65. The number of anilines is 1. The Hall–Kier alpha value is -2.62. The average molecular weight is 463 g/mol. The van der Waals surface area contributed by atoms with Crippen LogP contribution in [0.3, 0.4) is 0 Å². The van der Waals surface area contributed by atoms with Gasteiger partial charge in [0.25, 0.3) is 5.91 Å². The zero-order chi connectivity index (χ0) is 22.9. The summed E-state index contributed by atoms with van der Waals surface area (Å²) in [6.07, 6.45) is 4.65. The van der Waals surface area contributed by atoms with Gasteiger partial charge in [0.05, 0.1) is 4.90 Å².